The number of ketones is 1. The van der Waals surface area contributed by atoms with Crippen molar-refractivity contribution in [3.8, 4) is 44.6 Å². The van der Waals surface area contributed by atoms with Crippen molar-refractivity contribution in [2.75, 3.05) is 0 Å². The van der Waals surface area contributed by atoms with Crippen LogP contribution in [0, 0.1) is 6.07 Å². The number of aliphatic hydroxyl groups excluding tert-OH is 1. The Kier molecular flexibility index (Phi) is 14.7. The number of rotatable bonds is 13. The zero-order valence-corrected chi connectivity index (χ0v) is 37.1. The number of unbranched alkanes of at least 4 members (excludes halogenated alkanes) is 3. The maximum Gasteiger partial charge on any atom is 0.158 e. The van der Waals surface area contributed by atoms with E-state index < -0.39 is 0 Å². The van der Waals surface area contributed by atoms with Crippen LogP contribution in [0.15, 0.2) is 157 Å². The monoisotopic (exact) mass is 953 g/mol. The molecule has 0 bridgehead atoms. The number of fused-ring (bicyclic) bond motifs is 4. The summed E-state index contributed by atoms with van der Waals surface area (Å²) >= 11 is 0. The van der Waals surface area contributed by atoms with Gasteiger partial charge in [-0.25, -0.2) is 0 Å². The van der Waals surface area contributed by atoms with Crippen molar-refractivity contribution in [2.24, 2.45) is 0 Å². The largest absolute Gasteiger partial charge is 0.512 e. The zero-order chi connectivity index (χ0) is 40.5. The topological polar surface area (TPSA) is 50.2 Å². The SMILES string of the molecule is CC1(C)c2ccccc2-c2c[c-]c(-c3cc(-c4ccccc4)c4cc(-c5cccc(CCCCCCc6ccccc6)c5)ccc4n3)cc21.CCC(=O)/C=C(\O)CC.[Ir]. The molecule has 1 aromatic heterocycles. The average molecular weight is 953 g/mol. The Morgan fingerprint density at radius 1 is 0.627 bits per heavy atom. The Labute approximate surface area is 364 Å². The summed E-state index contributed by atoms with van der Waals surface area (Å²) in [5.74, 6) is 0.149. The summed E-state index contributed by atoms with van der Waals surface area (Å²) in [5, 5.41) is 9.97. The van der Waals surface area contributed by atoms with Crippen molar-refractivity contribution in [3.63, 3.8) is 0 Å². The molecule has 1 radical (unpaired) electrons. The van der Waals surface area contributed by atoms with Crippen molar-refractivity contribution in [1.82, 2.24) is 4.98 Å². The van der Waals surface area contributed by atoms with Crippen molar-refractivity contribution in [3.05, 3.63) is 186 Å². The van der Waals surface area contributed by atoms with Gasteiger partial charge in [-0.15, -0.1) is 29.3 Å². The minimum atomic E-state index is -0.0688. The number of aromatic nitrogens is 1. The van der Waals surface area contributed by atoms with Gasteiger partial charge >= 0.3 is 0 Å². The van der Waals surface area contributed by atoms with Gasteiger partial charge in [-0.1, -0.05) is 173 Å². The second-order valence-electron chi connectivity index (χ2n) is 15.9. The fraction of sp³-hybridized carbons (Fsp3) is 0.236. The number of carbonyl (C=O) groups is 1. The molecule has 59 heavy (non-hydrogen) atoms. The van der Waals surface area contributed by atoms with E-state index in [1.807, 2.05) is 0 Å². The number of aryl methyl sites for hydroxylation is 2. The Balaban J connectivity index is 0.000000527. The first-order valence-corrected chi connectivity index (χ1v) is 21.0. The molecule has 4 heteroatoms. The van der Waals surface area contributed by atoms with Crippen molar-refractivity contribution >= 4 is 16.7 Å². The minimum Gasteiger partial charge on any atom is -0.512 e. The van der Waals surface area contributed by atoms with Gasteiger partial charge in [0.25, 0.3) is 0 Å². The molecule has 301 valence electrons. The number of hydrogen-bond donors (Lipinski definition) is 1. The number of pyridine rings is 1. The quantitative estimate of drug-likeness (QED) is 0.0542. The summed E-state index contributed by atoms with van der Waals surface area (Å²) in [4.78, 5) is 15.8. The summed E-state index contributed by atoms with van der Waals surface area (Å²) in [7, 11) is 0. The number of nitrogens with zero attached hydrogens (tertiary/aromatic N) is 1. The molecule has 1 aliphatic carbocycles. The van der Waals surface area contributed by atoms with Gasteiger partial charge in [-0.3, -0.25) is 9.78 Å². The van der Waals surface area contributed by atoms with Gasteiger partial charge in [0, 0.05) is 44.4 Å². The number of carbonyl (C=O) groups excluding carboxylic acids is 1. The first-order chi connectivity index (χ1) is 28.2. The first kappa shape index (κ1) is 43.2. The predicted octanol–water partition coefficient (Wildman–Crippen LogP) is 14.5. The zero-order valence-electron chi connectivity index (χ0n) is 34.7. The molecule has 3 nitrogen and oxygen atoms in total. The fourth-order valence-corrected chi connectivity index (χ4v) is 8.14. The Bertz CT molecular complexity index is 2540. The van der Waals surface area contributed by atoms with Crippen LogP contribution >= 0.6 is 0 Å². The van der Waals surface area contributed by atoms with Crippen LogP contribution in [0.1, 0.15) is 88.5 Å². The molecular weight excluding hydrogens is 899 g/mol. The van der Waals surface area contributed by atoms with Crippen LogP contribution in [-0.2, 0) is 43.2 Å². The molecule has 0 spiro atoms. The molecule has 7 aromatic rings. The third kappa shape index (κ3) is 10.3. The van der Waals surface area contributed by atoms with Gasteiger partial charge in [0.05, 0.1) is 11.3 Å². The second-order valence-corrected chi connectivity index (χ2v) is 15.9. The van der Waals surface area contributed by atoms with Crippen molar-refractivity contribution < 1.29 is 30.0 Å². The molecule has 0 aliphatic heterocycles. The van der Waals surface area contributed by atoms with E-state index in [1.54, 1.807) is 13.8 Å². The number of allylic oxidation sites excluding steroid dienone is 2. The maximum absolute atomic E-state index is 10.5. The summed E-state index contributed by atoms with van der Waals surface area (Å²) in [6.07, 6.45) is 9.61. The van der Waals surface area contributed by atoms with Gasteiger partial charge in [0.1, 0.15) is 0 Å². The van der Waals surface area contributed by atoms with Gasteiger partial charge in [-0.05, 0) is 87.9 Å². The van der Waals surface area contributed by atoms with Gasteiger partial charge in [-0.2, -0.15) is 0 Å². The number of hydrogen-bond acceptors (Lipinski definition) is 3. The smallest absolute Gasteiger partial charge is 0.158 e. The predicted molar refractivity (Wildman–Crippen MR) is 243 cm³/mol. The molecule has 8 rings (SSSR count). The van der Waals surface area contributed by atoms with Gasteiger partial charge in [0.2, 0.25) is 0 Å². The van der Waals surface area contributed by atoms with E-state index in [9.17, 15) is 4.79 Å². The molecule has 1 heterocycles. The molecule has 6 aromatic carbocycles. The average Bonchev–Trinajstić information content (AvgIpc) is 3.50. The molecule has 1 N–H and O–H groups in total. The molecule has 0 fully saturated rings. The summed E-state index contributed by atoms with van der Waals surface area (Å²) in [6, 6.07) is 56.7. The maximum atomic E-state index is 10.5. The second kappa shape index (κ2) is 20.0. The van der Waals surface area contributed by atoms with E-state index >= 15 is 0 Å². The van der Waals surface area contributed by atoms with Crippen molar-refractivity contribution in [2.45, 2.75) is 84.5 Å². The Hall–Kier alpha value is -5.41. The molecule has 1 aliphatic rings. The Morgan fingerprint density at radius 3 is 2.00 bits per heavy atom. The van der Waals surface area contributed by atoms with Crippen LogP contribution in [0.2, 0.25) is 0 Å². The minimum absolute atomic E-state index is 0. The van der Waals surface area contributed by atoms with E-state index in [0.717, 1.165) is 23.2 Å². The molecule has 0 atom stereocenters. The van der Waals surface area contributed by atoms with Crippen LogP contribution < -0.4 is 0 Å². The molecule has 0 saturated carbocycles. The number of aliphatic hydroxyl groups is 1. The molecule has 0 amide bonds. The molecule has 0 unspecified atom stereocenters. The van der Waals surface area contributed by atoms with Crippen LogP contribution in [0.3, 0.4) is 0 Å². The summed E-state index contributed by atoms with van der Waals surface area (Å²) in [5.41, 5.74) is 16.0. The van der Waals surface area contributed by atoms with Crippen LogP contribution in [-0.4, -0.2) is 15.9 Å². The van der Waals surface area contributed by atoms with Gasteiger partial charge in [0.15, 0.2) is 5.78 Å². The van der Waals surface area contributed by atoms with E-state index in [2.05, 4.69) is 166 Å². The molecular formula is C55H54IrNO2-. The standard InChI is InChI=1S/C48H42N.C7H12O2.Ir/c1-48(2)44-25-14-13-24-40(44)41-28-26-39(32-45(41)48)47-33-42(36-21-11-6-12-22-36)43-31-38(27-29-46(43)49-47)37-23-15-20-35(30-37)19-8-4-3-7-16-34-17-9-5-10-18-34;1-3-6(8)5-7(9)4-2;/h5-6,9-15,17-18,20-25,27-33H,3-4,7-8,16,19H2,1-2H3;5,8H,3-4H2,1-2H3;/q-1;;/b;6-5-;. The normalized spacial score (nSPS) is 12.5. The molecule has 0 saturated heterocycles. The van der Waals surface area contributed by atoms with E-state index in [0.29, 0.717) is 12.8 Å². The van der Waals surface area contributed by atoms with Gasteiger partial charge < -0.3 is 5.11 Å². The van der Waals surface area contributed by atoms with Crippen molar-refractivity contribution in [1.29, 1.82) is 0 Å². The first-order valence-electron chi connectivity index (χ1n) is 21.0. The van der Waals surface area contributed by atoms with E-state index in [1.165, 1.54) is 99.2 Å². The number of benzene rings is 6. The van der Waals surface area contributed by atoms with Crippen LogP contribution in [0.25, 0.3) is 55.5 Å². The fourth-order valence-electron chi connectivity index (χ4n) is 8.14. The van der Waals surface area contributed by atoms with E-state index in [-0.39, 0.29) is 37.1 Å². The van der Waals surface area contributed by atoms with E-state index in [4.69, 9.17) is 10.1 Å². The summed E-state index contributed by atoms with van der Waals surface area (Å²) < 4.78 is 0. The Morgan fingerprint density at radius 2 is 1.27 bits per heavy atom. The summed E-state index contributed by atoms with van der Waals surface area (Å²) in [6.45, 7) is 8.22. The third-order valence-electron chi connectivity index (χ3n) is 11.5. The van der Waals surface area contributed by atoms with Crippen LogP contribution in [0.4, 0.5) is 0 Å². The van der Waals surface area contributed by atoms with Crippen LogP contribution in [0.5, 0.6) is 0 Å². The third-order valence-corrected chi connectivity index (χ3v) is 11.5.